The fraction of sp³-hybridized carbons (Fsp3) is 0.0476. The zero-order valence-corrected chi connectivity index (χ0v) is 14.1. The van der Waals surface area contributed by atoms with Gasteiger partial charge in [0.25, 0.3) is 5.56 Å². The van der Waals surface area contributed by atoms with Crippen molar-refractivity contribution in [3.63, 3.8) is 0 Å². The molecule has 4 aromatic rings. The third-order valence-corrected chi connectivity index (χ3v) is 4.77. The summed E-state index contributed by atoms with van der Waals surface area (Å²) in [6.45, 7) is 0. The van der Waals surface area contributed by atoms with Gasteiger partial charge in [0.05, 0.1) is 22.2 Å². The smallest absolute Gasteiger partial charge is 0.256 e. The number of rotatable bonds is 1. The van der Waals surface area contributed by atoms with Gasteiger partial charge in [0.2, 0.25) is 0 Å². The van der Waals surface area contributed by atoms with Crippen molar-refractivity contribution in [1.29, 1.82) is 0 Å². The minimum Gasteiger partial charge on any atom is -0.512 e. The maximum absolute atomic E-state index is 13.9. The van der Waals surface area contributed by atoms with E-state index < -0.39 is 5.82 Å². The van der Waals surface area contributed by atoms with Crippen molar-refractivity contribution >= 4 is 38.2 Å². The lowest BCUT2D eigenvalue weighted by atomic mass is 10.0. The molecule has 0 amide bonds. The van der Waals surface area contributed by atoms with E-state index in [2.05, 4.69) is 9.97 Å². The number of hydrogen-bond donors (Lipinski definition) is 3. The highest BCUT2D eigenvalue weighted by molar-refractivity contribution is 6.23. The molecule has 0 bridgehead atoms. The molecule has 5 rings (SSSR count). The van der Waals surface area contributed by atoms with Gasteiger partial charge in [-0.2, -0.15) is 0 Å². The summed E-state index contributed by atoms with van der Waals surface area (Å²) < 4.78 is 13.9. The summed E-state index contributed by atoms with van der Waals surface area (Å²) in [7, 11) is 0. The Kier molecular flexibility index (Phi) is 3.27. The highest BCUT2D eigenvalue weighted by atomic mass is 19.1. The third-order valence-electron chi connectivity index (χ3n) is 4.77. The molecule has 0 spiro atoms. The van der Waals surface area contributed by atoms with Gasteiger partial charge >= 0.3 is 0 Å². The van der Waals surface area contributed by atoms with Crippen LogP contribution in [0.25, 0.3) is 38.2 Å². The van der Waals surface area contributed by atoms with E-state index in [9.17, 15) is 14.3 Å². The molecule has 0 unspecified atom stereocenters. The van der Waals surface area contributed by atoms with Crippen LogP contribution < -0.4 is 5.56 Å². The number of H-pyrrole nitrogens is 2. The summed E-state index contributed by atoms with van der Waals surface area (Å²) in [5.74, 6) is 0.404. The second-order valence-electron chi connectivity index (χ2n) is 6.48. The van der Waals surface area contributed by atoms with Crippen LogP contribution in [0.3, 0.4) is 0 Å². The highest BCUT2D eigenvalue weighted by Gasteiger charge is 2.17. The van der Waals surface area contributed by atoms with E-state index in [1.807, 2.05) is 18.2 Å². The number of benzene rings is 2. The number of hydrogen-bond acceptors (Lipinski definition) is 3. The predicted octanol–water partition coefficient (Wildman–Crippen LogP) is 4.48. The molecule has 0 atom stereocenters. The number of aromatic amines is 2. The van der Waals surface area contributed by atoms with Gasteiger partial charge in [0.1, 0.15) is 11.6 Å². The molecule has 1 aliphatic carbocycles. The van der Waals surface area contributed by atoms with Crippen molar-refractivity contribution in [2.75, 3.05) is 0 Å². The van der Waals surface area contributed by atoms with Crippen molar-refractivity contribution in [2.45, 2.75) is 6.42 Å². The van der Waals surface area contributed by atoms with Crippen LogP contribution in [0.5, 0.6) is 0 Å². The SMILES string of the molecule is O=c1[nH]ccc2c3nc(C4=CC=CCC(O)=C4)[nH]c3c3ccc(F)cc3c12. The number of aliphatic hydroxyl groups is 1. The fourth-order valence-corrected chi connectivity index (χ4v) is 3.58. The summed E-state index contributed by atoms with van der Waals surface area (Å²) in [6.07, 6.45) is 9.25. The van der Waals surface area contributed by atoms with E-state index in [4.69, 9.17) is 4.98 Å². The number of fused-ring (bicyclic) bond motifs is 6. The molecule has 2 aromatic heterocycles. The van der Waals surface area contributed by atoms with Crippen molar-refractivity contribution in [3.05, 3.63) is 82.5 Å². The normalized spacial score (nSPS) is 14.6. The molecular formula is C21H14FN3O2. The Hall–Kier alpha value is -3.67. The zero-order valence-electron chi connectivity index (χ0n) is 14.1. The van der Waals surface area contributed by atoms with Crippen LogP contribution in [0.15, 0.2) is 65.3 Å². The first kappa shape index (κ1) is 15.6. The van der Waals surface area contributed by atoms with Gasteiger partial charge in [-0.1, -0.05) is 18.2 Å². The molecule has 0 radical (unpaired) electrons. The van der Waals surface area contributed by atoms with Gasteiger partial charge in [-0.05, 0) is 30.3 Å². The van der Waals surface area contributed by atoms with Crippen LogP contribution in [-0.2, 0) is 0 Å². The van der Waals surface area contributed by atoms with Crippen molar-refractivity contribution in [2.24, 2.45) is 0 Å². The Bertz CT molecular complexity index is 1390. The Morgan fingerprint density at radius 1 is 1.15 bits per heavy atom. The summed E-state index contributed by atoms with van der Waals surface area (Å²) in [5, 5.41) is 12.2. The number of halogens is 1. The maximum Gasteiger partial charge on any atom is 0.256 e. The standard InChI is InChI=1S/C21H14FN3O2/c22-12-5-6-14-16(10-12)17-15(7-8-23-21(17)27)19-18(14)24-20(25-19)11-3-1-2-4-13(26)9-11/h1-3,5-10,26H,4H2,(H,23,27)(H,24,25). The second-order valence-corrected chi connectivity index (χ2v) is 6.48. The molecule has 5 nitrogen and oxygen atoms in total. The zero-order chi connectivity index (χ0) is 18.5. The van der Waals surface area contributed by atoms with E-state index in [1.165, 1.54) is 12.1 Å². The molecule has 27 heavy (non-hydrogen) atoms. The number of aliphatic hydroxyl groups excluding tert-OH is 1. The Balaban J connectivity index is 1.94. The molecule has 2 heterocycles. The van der Waals surface area contributed by atoms with Crippen LogP contribution in [0.1, 0.15) is 12.2 Å². The Labute approximate surface area is 152 Å². The molecule has 2 aromatic carbocycles. The topological polar surface area (TPSA) is 81.8 Å². The molecule has 0 aliphatic heterocycles. The van der Waals surface area contributed by atoms with Gasteiger partial charge < -0.3 is 15.1 Å². The van der Waals surface area contributed by atoms with Crippen molar-refractivity contribution < 1.29 is 9.50 Å². The van der Waals surface area contributed by atoms with Gasteiger partial charge in [-0.3, -0.25) is 4.79 Å². The largest absolute Gasteiger partial charge is 0.512 e. The van der Waals surface area contributed by atoms with E-state index in [1.54, 1.807) is 24.4 Å². The number of pyridine rings is 1. The minimum absolute atomic E-state index is 0.240. The second kappa shape index (κ2) is 5.67. The van der Waals surface area contributed by atoms with E-state index in [-0.39, 0.29) is 11.3 Å². The van der Waals surface area contributed by atoms with Crippen LogP contribution in [0.2, 0.25) is 0 Å². The summed E-state index contributed by atoms with van der Waals surface area (Å²) >= 11 is 0. The molecule has 0 saturated carbocycles. The summed E-state index contributed by atoms with van der Waals surface area (Å²) in [5.41, 5.74) is 1.79. The lowest BCUT2D eigenvalue weighted by Gasteiger charge is -2.05. The average Bonchev–Trinajstić information content (AvgIpc) is 2.98. The van der Waals surface area contributed by atoms with Crippen LogP contribution in [-0.4, -0.2) is 20.1 Å². The predicted molar refractivity (Wildman–Crippen MR) is 104 cm³/mol. The van der Waals surface area contributed by atoms with E-state index in [0.717, 1.165) is 11.1 Å². The third kappa shape index (κ3) is 2.38. The molecule has 132 valence electrons. The summed E-state index contributed by atoms with van der Waals surface area (Å²) in [4.78, 5) is 23.1. The first-order chi connectivity index (χ1) is 13.1. The molecule has 3 N–H and O–H groups in total. The fourth-order valence-electron chi connectivity index (χ4n) is 3.58. The van der Waals surface area contributed by atoms with Crippen LogP contribution in [0.4, 0.5) is 4.39 Å². The average molecular weight is 359 g/mol. The Morgan fingerprint density at radius 2 is 2.04 bits per heavy atom. The number of allylic oxidation sites excluding steroid dienone is 5. The summed E-state index contributed by atoms with van der Waals surface area (Å²) in [6, 6.07) is 6.15. The van der Waals surface area contributed by atoms with Crippen molar-refractivity contribution in [1.82, 2.24) is 15.0 Å². The van der Waals surface area contributed by atoms with Crippen LogP contribution >= 0.6 is 0 Å². The first-order valence-corrected chi connectivity index (χ1v) is 8.51. The number of imidazole rings is 1. The molecule has 0 fully saturated rings. The Morgan fingerprint density at radius 3 is 2.93 bits per heavy atom. The molecular weight excluding hydrogens is 345 g/mol. The van der Waals surface area contributed by atoms with Gasteiger partial charge in [0.15, 0.2) is 0 Å². The maximum atomic E-state index is 13.9. The highest BCUT2D eigenvalue weighted by Crippen LogP contribution is 2.33. The minimum atomic E-state index is -0.407. The van der Waals surface area contributed by atoms with Gasteiger partial charge in [-0.15, -0.1) is 0 Å². The number of nitrogens with one attached hydrogen (secondary N) is 2. The first-order valence-electron chi connectivity index (χ1n) is 8.51. The van der Waals surface area contributed by atoms with Crippen LogP contribution in [0, 0.1) is 5.82 Å². The molecule has 0 saturated heterocycles. The lowest BCUT2D eigenvalue weighted by molar-refractivity contribution is 0.402. The van der Waals surface area contributed by atoms with Gasteiger partial charge in [0, 0.05) is 34.3 Å². The number of nitrogens with zero attached hydrogens (tertiary/aromatic N) is 1. The van der Waals surface area contributed by atoms with E-state index in [0.29, 0.717) is 39.3 Å². The number of aromatic nitrogens is 3. The van der Waals surface area contributed by atoms with E-state index >= 15 is 0 Å². The molecule has 1 aliphatic rings. The van der Waals surface area contributed by atoms with Crippen molar-refractivity contribution in [3.8, 4) is 0 Å². The lowest BCUT2D eigenvalue weighted by Crippen LogP contribution is -2.05. The monoisotopic (exact) mass is 359 g/mol. The molecule has 6 heteroatoms. The quantitative estimate of drug-likeness (QED) is 0.438. The van der Waals surface area contributed by atoms with Gasteiger partial charge in [-0.25, -0.2) is 9.37 Å².